The van der Waals surface area contributed by atoms with Crippen LogP contribution in [0, 0.1) is 17.2 Å². The predicted octanol–water partition coefficient (Wildman–Crippen LogP) is 1.74. The summed E-state index contributed by atoms with van der Waals surface area (Å²) < 4.78 is 0. The van der Waals surface area contributed by atoms with Crippen LogP contribution in [0.5, 0.6) is 0 Å². The number of hydrogen-bond donors (Lipinski definition) is 0. The van der Waals surface area contributed by atoms with Gasteiger partial charge in [-0.05, 0) is 18.8 Å². The maximum absolute atomic E-state index is 8.45. The van der Waals surface area contributed by atoms with Crippen molar-refractivity contribution in [2.75, 3.05) is 0 Å². The lowest BCUT2D eigenvalue weighted by molar-refractivity contribution is 0.331. The van der Waals surface area contributed by atoms with Crippen LogP contribution in [0.2, 0.25) is 0 Å². The Morgan fingerprint density at radius 1 is 1.30 bits per heavy atom. The molecule has 1 saturated carbocycles. The smallest absolute Gasteiger partial charge is 0.111 e. The maximum atomic E-state index is 8.45. The second-order valence-corrected chi connectivity index (χ2v) is 3.00. The lowest BCUT2D eigenvalue weighted by atomic mass is 9.85. The Balaban J connectivity index is 2.33. The fourth-order valence-corrected chi connectivity index (χ4v) is 1.57. The second-order valence-electron chi connectivity index (χ2n) is 3.00. The summed E-state index contributed by atoms with van der Waals surface area (Å²) in [5, 5.41) is 8.45. The van der Waals surface area contributed by atoms with E-state index in [1.165, 1.54) is 19.3 Å². The largest absolute Gasteiger partial charge is 0.239 e. The maximum Gasteiger partial charge on any atom is 0.111 e. The highest BCUT2D eigenvalue weighted by molar-refractivity contribution is 4.92. The molecule has 0 aromatic rings. The summed E-state index contributed by atoms with van der Waals surface area (Å²) >= 11 is 0. The van der Waals surface area contributed by atoms with Gasteiger partial charge in [-0.2, -0.15) is 5.26 Å². The topological polar surface area (TPSA) is 47.6 Å². The van der Waals surface area contributed by atoms with Gasteiger partial charge in [0.05, 0.1) is 6.07 Å². The Hall–Kier alpha value is -0.550. The first kappa shape index (κ1) is 7.56. The molecule has 0 spiro atoms. The third kappa shape index (κ3) is 1.71. The van der Waals surface area contributed by atoms with Crippen LogP contribution in [-0.2, 0) is 0 Å². The van der Waals surface area contributed by atoms with Gasteiger partial charge in [-0.3, -0.25) is 0 Å². The quantitative estimate of drug-likeness (QED) is 0.543. The first-order chi connectivity index (χ1) is 4.84. The highest BCUT2D eigenvalue weighted by Crippen LogP contribution is 2.25. The van der Waals surface area contributed by atoms with Crippen LogP contribution in [0.1, 0.15) is 32.1 Å². The normalized spacial score (nSPS) is 23.6. The molecule has 0 amide bonds. The zero-order chi connectivity index (χ0) is 7.40. The summed E-state index contributed by atoms with van der Waals surface area (Å²) in [6.45, 7) is 0. The van der Waals surface area contributed by atoms with Crippen molar-refractivity contribution in [2.45, 2.75) is 38.1 Å². The van der Waals surface area contributed by atoms with Crippen LogP contribution < -0.4 is 5.73 Å². The number of nitrogens with one attached hydrogen (secondary N) is 1. The average molecular weight is 137 g/mol. The van der Waals surface area contributed by atoms with E-state index in [0.29, 0.717) is 5.92 Å². The molecule has 1 aliphatic carbocycles. The van der Waals surface area contributed by atoms with E-state index in [2.05, 4.69) is 0 Å². The van der Waals surface area contributed by atoms with Gasteiger partial charge in [0.1, 0.15) is 6.04 Å². The lowest BCUT2D eigenvalue weighted by Crippen LogP contribution is -2.22. The van der Waals surface area contributed by atoms with Crippen LogP contribution in [0.4, 0.5) is 0 Å². The van der Waals surface area contributed by atoms with E-state index in [9.17, 15) is 0 Å². The molecule has 0 bridgehead atoms. The molecule has 0 saturated heterocycles. The van der Waals surface area contributed by atoms with E-state index in [4.69, 9.17) is 11.0 Å². The van der Waals surface area contributed by atoms with Gasteiger partial charge in [0.25, 0.3) is 0 Å². The summed E-state index contributed by atoms with van der Waals surface area (Å²) in [6, 6.07) is 1.54. The molecule has 55 valence electrons. The minimum atomic E-state index is -0.458. The van der Waals surface area contributed by atoms with E-state index >= 15 is 0 Å². The van der Waals surface area contributed by atoms with Gasteiger partial charge < -0.3 is 0 Å². The van der Waals surface area contributed by atoms with Crippen molar-refractivity contribution < 1.29 is 0 Å². The van der Waals surface area contributed by atoms with Crippen molar-refractivity contribution in [3.8, 4) is 6.07 Å². The van der Waals surface area contributed by atoms with Crippen molar-refractivity contribution in [2.24, 2.45) is 5.92 Å². The molecule has 1 radical (unpaired) electrons. The van der Waals surface area contributed by atoms with Crippen LogP contribution >= 0.6 is 0 Å². The van der Waals surface area contributed by atoms with Gasteiger partial charge >= 0.3 is 0 Å². The van der Waals surface area contributed by atoms with E-state index < -0.39 is 6.04 Å². The Labute approximate surface area is 62.0 Å². The third-order valence-corrected chi connectivity index (χ3v) is 2.26. The molecule has 10 heavy (non-hydrogen) atoms. The van der Waals surface area contributed by atoms with Crippen molar-refractivity contribution in [3.63, 3.8) is 0 Å². The zero-order valence-corrected chi connectivity index (χ0v) is 6.14. The fraction of sp³-hybridized carbons (Fsp3) is 0.875. The summed E-state index contributed by atoms with van der Waals surface area (Å²) in [7, 11) is 0. The van der Waals surface area contributed by atoms with Crippen molar-refractivity contribution >= 4 is 0 Å². The highest BCUT2D eigenvalue weighted by Gasteiger charge is 2.19. The highest BCUT2D eigenvalue weighted by atomic mass is 14.6. The molecule has 1 N–H and O–H groups in total. The third-order valence-electron chi connectivity index (χ3n) is 2.26. The first-order valence-corrected chi connectivity index (χ1v) is 3.95. The van der Waals surface area contributed by atoms with Gasteiger partial charge in [-0.15, -0.1) is 0 Å². The molecule has 0 aromatic heterocycles. The molecule has 2 nitrogen and oxygen atoms in total. The zero-order valence-electron chi connectivity index (χ0n) is 6.14. The molecule has 0 heterocycles. The van der Waals surface area contributed by atoms with E-state index in [1.807, 2.05) is 6.07 Å². The standard InChI is InChI=1S/C8H13N2/c9-6-8(10)7-4-2-1-3-5-7/h7-8,10H,1-5H2. The molecule has 2 heteroatoms. The summed E-state index contributed by atoms with van der Waals surface area (Å²) in [5.41, 5.74) is 7.35. The molecule has 1 atom stereocenters. The summed E-state index contributed by atoms with van der Waals surface area (Å²) in [6.07, 6.45) is 5.95. The van der Waals surface area contributed by atoms with E-state index in [1.54, 1.807) is 0 Å². The van der Waals surface area contributed by atoms with E-state index in [0.717, 1.165) is 12.8 Å². The number of nitrogens with zero attached hydrogens (tertiary/aromatic N) is 1. The van der Waals surface area contributed by atoms with Crippen LogP contribution in [0.25, 0.3) is 0 Å². The molecular formula is C8H13N2. The Morgan fingerprint density at radius 3 is 2.40 bits per heavy atom. The van der Waals surface area contributed by atoms with Gasteiger partial charge in [-0.1, -0.05) is 19.3 Å². The molecule has 1 rings (SSSR count). The van der Waals surface area contributed by atoms with Crippen molar-refractivity contribution in [3.05, 3.63) is 0 Å². The minimum absolute atomic E-state index is 0.374. The Morgan fingerprint density at radius 2 is 1.90 bits per heavy atom. The Kier molecular flexibility index (Phi) is 2.70. The Bertz CT molecular complexity index is 131. The minimum Gasteiger partial charge on any atom is -0.239 e. The van der Waals surface area contributed by atoms with Gasteiger partial charge in [0.2, 0.25) is 0 Å². The number of rotatable bonds is 1. The van der Waals surface area contributed by atoms with Gasteiger partial charge in [0.15, 0.2) is 0 Å². The second kappa shape index (κ2) is 3.58. The molecular weight excluding hydrogens is 124 g/mol. The molecule has 1 fully saturated rings. The van der Waals surface area contributed by atoms with E-state index in [-0.39, 0.29) is 0 Å². The summed E-state index contributed by atoms with van der Waals surface area (Å²) in [4.78, 5) is 0. The predicted molar refractivity (Wildman–Crippen MR) is 39.1 cm³/mol. The van der Waals surface area contributed by atoms with Crippen molar-refractivity contribution in [1.29, 1.82) is 5.26 Å². The molecule has 1 unspecified atom stereocenters. The van der Waals surface area contributed by atoms with Crippen LogP contribution in [-0.4, -0.2) is 6.04 Å². The SMILES string of the molecule is N#CC([NH])C1CCCCC1. The lowest BCUT2D eigenvalue weighted by Gasteiger charge is -2.22. The van der Waals surface area contributed by atoms with Gasteiger partial charge in [-0.25, -0.2) is 5.73 Å². The summed E-state index contributed by atoms with van der Waals surface area (Å²) in [5.74, 6) is 0.374. The monoisotopic (exact) mass is 137 g/mol. The fourth-order valence-electron chi connectivity index (χ4n) is 1.57. The number of nitriles is 1. The molecule has 0 aromatic carbocycles. The van der Waals surface area contributed by atoms with Crippen LogP contribution in [0.3, 0.4) is 0 Å². The van der Waals surface area contributed by atoms with Gasteiger partial charge in [0, 0.05) is 0 Å². The molecule has 0 aliphatic heterocycles. The average Bonchev–Trinajstić information content (AvgIpc) is 2.05. The number of hydrogen-bond acceptors (Lipinski definition) is 1. The first-order valence-electron chi connectivity index (χ1n) is 3.95. The molecule has 1 aliphatic rings. The van der Waals surface area contributed by atoms with Crippen molar-refractivity contribution in [1.82, 2.24) is 5.73 Å². The van der Waals surface area contributed by atoms with Crippen LogP contribution in [0.15, 0.2) is 0 Å².